The van der Waals surface area contributed by atoms with Crippen LogP contribution in [-0.4, -0.2) is 40.6 Å². The summed E-state index contributed by atoms with van der Waals surface area (Å²) in [4.78, 5) is 24.1. The number of hydrogen-bond acceptors (Lipinski definition) is 6. The average molecular weight is 469 g/mol. The van der Waals surface area contributed by atoms with Crippen molar-refractivity contribution in [2.45, 2.75) is 11.8 Å². The first-order chi connectivity index (χ1) is 15.8. The number of ether oxygens (including phenoxy) is 2. The van der Waals surface area contributed by atoms with E-state index in [1.807, 2.05) is 0 Å². The molecule has 9 heteroatoms. The smallest absolute Gasteiger partial charge is 0.344 e. The first-order valence-corrected chi connectivity index (χ1v) is 11.6. The highest BCUT2D eigenvalue weighted by Crippen LogP contribution is 2.23. The van der Waals surface area contributed by atoms with Crippen LogP contribution in [0.4, 0.5) is 11.4 Å². The van der Waals surface area contributed by atoms with E-state index in [1.54, 1.807) is 61.5 Å². The Labute approximate surface area is 192 Å². The summed E-state index contributed by atoms with van der Waals surface area (Å²) in [5, 5.41) is 2.72. The zero-order valence-corrected chi connectivity index (χ0v) is 19.0. The molecule has 0 atom stereocenters. The first kappa shape index (κ1) is 23.8. The van der Waals surface area contributed by atoms with E-state index < -0.39 is 21.9 Å². The topological polar surface area (TPSA) is 102 Å². The van der Waals surface area contributed by atoms with Crippen molar-refractivity contribution in [3.8, 4) is 5.75 Å². The molecule has 0 radical (unpaired) electrons. The van der Waals surface area contributed by atoms with E-state index in [9.17, 15) is 18.0 Å². The minimum absolute atomic E-state index is 0.0692. The van der Waals surface area contributed by atoms with Crippen LogP contribution in [0.25, 0.3) is 0 Å². The van der Waals surface area contributed by atoms with Gasteiger partial charge in [0.25, 0.3) is 15.9 Å². The molecule has 0 saturated carbocycles. The molecule has 0 aromatic heterocycles. The molecule has 0 spiro atoms. The maximum Gasteiger partial charge on any atom is 0.344 e. The number of esters is 1. The summed E-state index contributed by atoms with van der Waals surface area (Å²) in [6.45, 7) is 1.73. The van der Waals surface area contributed by atoms with E-state index in [2.05, 4.69) is 5.32 Å². The lowest BCUT2D eigenvalue weighted by atomic mass is 10.2. The molecule has 0 unspecified atom stereocenters. The molecule has 172 valence electrons. The van der Waals surface area contributed by atoms with Gasteiger partial charge in [0, 0.05) is 24.4 Å². The second-order valence-electron chi connectivity index (χ2n) is 6.91. The minimum Gasteiger partial charge on any atom is -0.482 e. The Bertz CT molecular complexity index is 1210. The number of benzene rings is 3. The quantitative estimate of drug-likeness (QED) is 0.481. The summed E-state index contributed by atoms with van der Waals surface area (Å²) >= 11 is 0. The molecule has 0 aliphatic carbocycles. The van der Waals surface area contributed by atoms with Gasteiger partial charge < -0.3 is 14.8 Å². The number of sulfonamides is 1. The van der Waals surface area contributed by atoms with Gasteiger partial charge >= 0.3 is 5.97 Å². The Morgan fingerprint density at radius 3 is 2.30 bits per heavy atom. The zero-order valence-electron chi connectivity index (χ0n) is 18.2. The third kappa shape index (κ3) is 6.11. The van der Waals surface area contributed by atoms with Gasteiger partial charge in [-0.2, -0.15) is 0 Å². The monoisotopic (exact) mass is 468 g/mol. The van der Waals surface area contributed by atoms with Crippen molar-refractivity contribution >= 4 is 33.3 Å². The van der Waals surface area contributed by atoms with E-state index in [1.165, 1.54) is 35.6 Å². The highest BCUT2D eigenvalue weighted by Gasteiger charge is 2.21. The van der Waals surface area contributed by atoms with Gasteiger partial charge in [0.2, 0.25) is 0 Å². The molecule has 0 heterocycles. The first-order valence-electron chi connectivity index (χ1n) is 10.1. The van der Waals surface area contributed by atoms with E-state index in [0.29, 0.717) is 17.1 Å². The molecule has 1 amide bonds. The Morgan fingerprint density at radius 2 is 1.64 bits per heavy atom. The van der Waals surface area contributed by atoms with Gasteiger partial charge in [-0.1, -0.05) is 24.3 Å². The van der Waals surface area contributed by atoms with Crippen molar-refractivity contribution in [1.82, 2.24) is 0 Å². The Balaban J connectivity index is 1.67. The van der Waals surface area contributed by atoms with Crippen molar-refractivity contribution in [3.05, 3.63) is 84.4 Å². The minimum atomic E-state index is -3.77. The van der Waals surface area contributed by atoms with Crippen LogP contribution in [0.3, 0.4) is 0 Å². The Hall–Kier alpha value is -3.85. The molecule has 3 aromatic rings. The summed E-state index contributed by atoms with van der Waals surface area (Å²) in [6.07, 6.45) is 0. The predicted molar refractivity (Wildman–Crippen MR) is 125 cm³/mol. The third-order valence-corrected chi connectivity index (χ3v) is 6.45. The zero-order chi connectivity index (χ0) is 23.8. The number of nitrogens with zero attached hydrogens (tertiary/aromatic N) is 1. The van der Waals surface area contributed by atoms with Crippen LogP contribution in [0.2, 0.25) is 0 Å². The molecule has 0 saturated heterocycles. The molecule has 0 fully saturated rings. The number of amides is 1. The van der Waals surface area contributed by atoms with E-state index in [0.717, 1.165) is 0 Å². The van der Waals surface area contributed by atoms with Crippen LogP contribution in [0.15, 0.2) is 83.8 Å². The Kier molecular flexibility index (Phi) is 7.68. The largest absolute Gasteiger partial charge is 0.482 e. The van der Waals surface area contributed by atoms with Crippen molar-refractivity contribution in [2.24, 2.45) is 0 Å². The molecule has 3 rings (SSSR count). The summed E-state index contributed by atoms with van der Waals surface area (Å²) in [7, 11) is -2.29. The number of hydrogen-bond donors (Lipinski definition) is 1. The average Bonchev–Trinajstić information content (AvgIpc) is 2.83. The van der Waals surface area contributed by atoms with Crippen LogP contribution in [0.1, 0.15) is 17.3 Å². The van der Waals surface area contributed by atoms with Crippen LogP contribution in [0.5, 0.6) is 5.75 Å². The number of nitrogens with one attached hydrogen (secondary N) is 1. The van der Waals surface area contributed by atoms with Crippen molar-refractivity contribution in [3.63, 3.8) is 0 Å². The van der Waals surface area contributed by atoms with E-state index in [4.69, 9.17) is 9.47 Å². The molecular formula is C24H24N2O6S. The van der Waals surface area contributed by atoms with Crippen LogP contribution < -0.4 is 14.4 Å². The van der Waals surface area contributed by atoms with Gasteiger partial charge in [-0.05, 0) is 55.5 Å². The highest BCUT2D eigenvalue weighted by atomic mass is 32.2. The lowest BCUT2D eigenvalue weighted by molar-refractivity contribution is -0.145. The van der Waals surface area contributed by atoms with Crippen molar-refractivity contribution in [1.29, 1.82) is 0 Å². The normalized spacial score (nSPS) is 10.8. The third-order valence-electron chi connectivity index (χ3n) is 4.65. The second kappa shape index (κ2) is 10.6. The summed E-state index contributed by atoms with van der Waals surface area (Å²) in [6, 6.07) is 21.0. The number of carbonyl (C=O) groups excluding carboxylic acids is 2. The maximum atomic E-state index is 12.9. The fourth-order valence-corrected chi connectivity index (χ4v) is 4.12. The fourth-order valence-electron chi connectivity index (χ4n) is 2.92. The van der Waals surface area contributed by atoms with E-state index in [-0.39, 0.29) is 23.7 Å². The maximum absolute atomic E-state index is 12.9. The Morgan fingerprint density at radius 1 is 0.939 bits per heavy atom. The van der Waals surface area contributed by atoms with Gasteiger partial charge in [0.05, 0.1) is 17.2 Å². The molecule has 0 aliphatic rings. The molecule has 33 heavy (non-hydrogen) atoms. The standard InChI is InChI=1S/C24H24N2O6S/c1-3-31-23(27)17-32-21-11-7-8-19(16-21)25-24(28)18-12-14-22(15-13-18)33(29,30)26(2)20-9-5-4-6-10-20/h4-16H,3,17H2,1-2H3,(H,25,28). The summed E-state index contributed by atoms with van der Waals surface area (Å²) < 4.78 is 37.1. The van der Waals surface area contributed by atoms with E-state index >= 15 is 0 Å². The second-order valence-corrected chi connectivity index (χ2v) is 8.88. The van der Waals surface area contributed by atoms with Crippen molar-refractivity contribution < 1.29 is 27.5 Å². The number of para-hydroxylation sites is 1. The highest BCUT2D eigenvalue weighted by molar-refractivity contribution is 7.92. The van der Waals surface area contributed by atoms with Gasteiger partial charge in [-0.3, -0.25) is 9.10 Å². The lowest BCUT2D eigenvalue weighted by Gasteiger charge is -2.19. The van der Waals surface area contributed by atoms with Crippen LogP contribution in [-0.2, 0) is 19.6 Å². The molecular weight excluding hydrogens is 444 g/mol. The summed E-state index contributed by atoms with van der Waals surface area (Å²) in [5.74, 6) is -0.510. The molecule has 8 nitrogen and oxygen atoms in total. The van der Waals surface area contributed by atoms with Gasteiger partial charge in [-0.25, -0.2) is 13.2 Å². The number of rotatable bonds is 9. The van der Waals surface area contributed by atoms with Gasteiger partial charge in [0.1, 0.15) is 5.75 Å². The van der Waals surface area contributed by atoms with Crippen molar-refractivity contribution in [2.75, 3.05) is 29.9 Å². The molecule has 0 aliphatic heterocycles. The number of anilines is 2. The predicted octanol–water partition coefficient (Wildman–Crippen LogP) is 3.71. The number of carbonyl (C=O) groups is 2. The fraction of sp³-hybridized carbons (Fsp3) is 0.167. The molecule has 1 N–H and O–H groups in total. The summed E-state index contributed by atoms with van der Waals surface area (Å²) in [5.41, 5.74) is 1.28. The van der Waals surface area contributed by atoms with Crippen LogP contribution >= 0.6 is 0 Å². The van der Waals surface area contributed by atoms with Gasteiger partial charge in [-0.15, -0.1) is 0 Å². The molecule has 0 bridgehead atoms. The molecule has 3 aromatic carbocycles. The lowest BCUT2D eigenvalue weighted by Crippen LogP contribution is -2.26. The van der Waals surface area contributed by atoms with Gasteiger partial charge in [0.15, 0.2) is 6.61 Å². The van der Waals surface area contributed by atoms with Crippen LogP contribution in [0, 0.1) is 0 Å². The SMILES string of the molecule is CCOC(=O)COc1cccc(NC(=O)c2ccc(S(=O)(=O)N(C)c3ccccc3)cc2)c1.